The van der Waals surface area contributed by atoms with E-state index >= 15 is 0 Å². The lowest BCUT2D eigenvalue weighted by molar-refractivity contribution is -0.137. The molecule has 3 aromatic rings. The molecule has 3 rings (SSSR count). The Hall–Kier alpha value is -3.47. The average Bonchev–Trinajstić information content (AvgIpc) is 3.18. The summed E-state index contributed by atoms with van der Waals surface area (Å²) in [6.45, 7) is 3.77. The molecule has 33 heavy (non-hydrogen) atoms. The molecule has 0 aliphatic rings. The van der Waals surface area contributed by atoms with Crippen LogP contribution in [0.1, 0.15) is 32.3 Å². The SMILES string of the molecule is CCN(C(=O)CCC(C)=NOc1cc(C(F)(F)F)ccn1)c1cn(-c2cccnc2)nc1Cl. The van der Waals surface area contributed by atoms with Gasteiger partial charge in [-0.05, 0) is 38.5 Å². The molecule has 0 atom stereocenters. The van der Waals surface area contributed by atoms with Gasteiger partial charge in [-0.25, -0.2) is 9.67 Å². The number of rotatable bonds is 8. The number of amides is 1. The van der Waals surface area contributed by atoms with E-state index < -0.39 is 11.7 Å². The van der Waals surface area contributed by atoms with Crippen molar-refractivity contribution in [2.75, 3.05) is 11.4 Å². The minimum Gasteiger partial charge on any atom is -0.337 e. The lowest BCUT2D eigenvalue weighted by Gasteiger charge is -2.19. The first-order valence-electron chi connectivity index (χ1n) is 9.88. The Labute approximate surface area is 192 Å². The number of pyridine rings is 2. The van der Waals surface area contributed by atoms with Crippen molar-refractivity contribution < 1.29 is 22.8 Å². The fraction of sp³-hybridized carbons (Fsp3) is 0.286. The van der Waals surface area contributed by atoms with Gasteiger partial charge in [0.2, 0.25) is 11.8 Å². The monoisotopic (exact) mass is 480 g/mol. The zero-order valence-electron chi connectivity index (χ0n) is 17.8. The second-order valence-corrected chi connectivity index (χ2v) is 7.26. The molecule has 0 saturated carbocycles. The third-order valence-electron chi connectivity index (χ3n) is 4.53. The van der Waals surface area contributed by atoms with Crippen LogP contribution in [0.15, 0.2) is 54.2 Å². The molecule has 0 aliphatic carbocycles. The minimum absolute atomic E-state index is 0.0803. The maximum atomic E-state index is 12.8. The summed E-state index contributed by atoms with van der Waals surface area (Å²) in [6, 6.07) is 5.15. The fourth-order valence-electron chi connectivity index (χ4n) is 2.86. The van der Waals surface area contributed by atoms with Gasteiger partial charge in [0.15, 0.2) is 5.15 Å². The van der Waals surface area contributed by atoms with Crippen molar-refractivity contribution in [1.29, 1.82) is 0 Å². The second-order valence-electron chi connectivity index (χ2n) is 6.90. The quantitative estimate of drug-likeness (QED) is 0.337. The number of alkyl halides is 3. The molecule has 1 amide bonds. The van der Waals surface area contributed by atoms with Crippen LogP contribution in [0.4, 0.5) is 18.9 Å². The zero-order chi connectivity index (χ0) is 24.0. The van der Waals surface area contributed by atoms with Gasteiger partial charge in [0.05, 0.1) is 29.4 Å². The van der Waals surface area contributed by atoms with Crippen LogP contribution in [0.5, 0.6) is 5.88 Å². The van der Waals surface area contributed by atoms with Crippen molar-refractivity contribution in [3.63, 3.8) is 0 Å². The number of aromatic nitrogens is 4. The van der Waals surface area contributed by atoms with E-state index in [1.165, 1.54) is 9.58 Å². The highest BCUT2D eigenvalue weighted by Gasteiger charge is 2.31. The highest BCUT2D eigenvalue weighted by molar-refractivity contribution is 6.32. The molecule has 0 unspecified atom stereocenters. The van der Waals surface area contributed by atoms with Gasteiger partial charge in [-0.3, -0.25) is 9.78 Å². The molecule has 3 aromatic heterocycles. The number of nitrogens with zero attached hydrogens (tertiary/aromatic N) is 6. The maximum Gasteiger partial charge on any atom is 0.416 e. The molecule has 0 aliphatic heterocycles. The van der Waals surface area contributed by atoms with Gasteiger partial charge in [-0.1, -0.05) is 16.8 Å². The first kappa shape index (κ1) is 24.2. The van der Waals surface area contributed by atoms with Crippen LogP contribution in [0.3, 0.4) is 0 Å². The number of halogens is 4. The molecule has 174 valence electrons. The normalized spacial score (nSPS) is 12.0. The Kier molecular flexibility index (Phi) is 7.64. The molecular weight excluding hydrogens is 461 g/mol. The Balaban J connectivity index is 1.63. The third-order valence-corrected chi connectivity index (χ3v) is 4.80. The van der Waals surface area contributed by atoms with Crippen molar-refractivity contribution in [2.45, 2.75) is 32.9 Å². The molecule has 0 N–H and O–H groups in total. The standard InChI is InChI=1S/C21H20ClF3N6O2/c1-3-30(17-13-31(28-20(17)22)16-5-4-9-26-12-16)19(32)7-6-14(2)29-33-18-11-15(8-10-27-18)21(23,24)25/h4-5,8-13H,3,6-7H2,1-2H3. The van der Waals surface area contributed by atoms with Gasteiger partial charge in [0.1, 0.15) is 5.69 Å². The van der Waals surface area contributed by atoms with Crippen molar-refractivity contribution in [1.82, 2.24) is 19.7 Å². The van der Waals surface area contributed by atoms with Crippen LogP contribution < -0.4 is 9.74 Å². The van der Waals surface area contributed by atoms with Crippen molar-refractivity contribution >= 4 is 28.9 Å². The zero-order valence-corrected chi connectivity index (χ0v) is 18.5. The van der Waals surface area contributed by atoms with E-state index in [4.69, 9.17) is 16.4 Å². The fourth-order valence-corrected chi connectivity index (χ4v) is 3.09. The Morgan fingerprint density at radius 1 is 1.27 bits per heavy atom. The summed E-state index contributed by atoms with van der Waals surface area (Å²) in [5, 5.41) is 8.17. The van der Waals surface area contributed by atoms with E-state index in [2.05, 4.69) is 20.2 Å². The molecule has 12 heteroatoms. The Morgan fingerprint density at radius 2 is 2.06 bits per heavy atom. The van der Waals surface area contributed by atoms with Gasteiger partial charge in [-0.15, -0.1) is 0 Å². The first-order chi connectivity index (χ1) is 15.7. The summed E-state index contributed by atoms with van der Waals surface area (Å²) in [5.74, 6) is -0.517. The van der Waals surface area contributed by atoms with E-state index in [-0.39, 0.29) is 29.8 Å². The van der Waals surface area contributed by atoms with Crippen LogP contribution in [-0.4, -0.2) is 37.9 Å². The van der Waals surface area contributed by atoms with Crippen LogP contribution in [0.25, 0.3) is 5.69 Å². The third kappa shape index (κ3) is 6.28. The molecule has 0 radical (unpaired) electrons. The number of carbonyl (C=O) groups is 1. The van der Waals surface area contributed by atoms with Crippen LogP contribution in [0.2, 0.25) is 5.15 Å². The lowest BCUT2D eigenvalue weighted by Crippen LogP contribution is -2.30. The highest BCUT2D eigenvalue weighted by atomic mass is 35.5. The number of oxime groups is 1. The predicted octanol–water partition coefficient (Wildman–Crippen LogP) is 4.92. The van der Waals surface area contributed by atoms with E-state index in [0.717, 1.165) is 18.3 Å². The molecule has 0 spiro atoms. The van der Waals surface area contributed by atoms with Gasteiger partial charge in [0.25, 0.3) is 0 Å². The smallest absolute Gasteiger partial charge is 0.337 e. The van der Waals surface area contributed by atoms with Crippen LogP contribution in [-0.2, 0) is 11.0 Å². The molecule has 0 bridgehead atoms. The van der Waals surface area contributed by atoms with Crippen molar-refractivity contribution in [3.8, 4) is 11.6 Å². The summed E-state index contributed by atoms with van der Waals surface area (Å²) < 4.78 is 39.8. The van der Waals surface area contributed by atoms with E-state index in [9.17, 15) is 18.0 Å². The summed E-state index contributed by atoms with van der Waals surface area (Å²) in [7, 11) is 0. The number of carbonyl (C=O) groups excluding carboxylic acids is 1. The average molecular weight is 481 g/mol. The maximum absolute atomic E-state index is 12.8. The van der Waals surface area contributed by atoms with Gasteiger partial charge in [-0.2, -0.15) is 18.3 Å². The van der Waals surface area contributed by atoms with Gasteiger partial charge >= 0.3 is 6.18 Å². The number of hydrogen-bond acceptors (Lipinski definition) is 6. The first-order valence-corrected chi connectivity index (χ1v) is 10.3. The topological polar surface area (TPSA) is 85.5 Å². The molecule has 0 fully saturated rings. The summed E-state index contributed by atoms with van der Waals surface area (Å²) in [5.41, 5.74) is 0.665. The molecular formula is C21H20ClF3N6O2. The van der Waals surface area contributed by atoms with Crippen LogP contribution >= 0.6 is 11.6 Å². The predicted molar refractivity (Wildman–Crippen MR) is 117 cm³/mol. The lowest BCUT2D eigenvalue weighted by atomic mass is 10.2. The van der Waals surface area contributed by atoms with E-state index in [1.807, 2.05) is 0 Å². The van der Waals surface area contributed by atoms with Crippen LogP contribution in [0, 0.1) is 0 Å². The summed E-state index contributed by atoms with van der Waals surface area (Å²) in [6.07, 6.45) is 1.67. The summed E-state index contributed by atoms with van der Waals surface area (Å²) >= 11 is 6.26. The van der Waals surface area contributed by atoms with Crippen molar-refractivity contribution in [3.05, 3.63) is 59.8 Å². The number of anilines is 1. The molecule has 8 nitrogen and oxygen atoms in total. The molecule has 0 saturated heterocycles. The number of hydrogen-bond donors (Lipinski definition) is 0. The van der Waals surface area contributed by atoms with Gasteiger partial charge < -0.3 is 9.74 Å². The highest BCUT2D eigenvalue weighted by Crippen LogP contribution is 2.30. The molecule has 3 heterocycles. The van der Waals surface area contributed by atoms with E-state index in [1.54, 1.807) is 44.6 Å². The molecule has 0 aromatic carbocycles. The second kappa shape index (κ2) is 10.4. The minimum atomic E-state index is -4.51. The van der Waals surface area contributed by atoms with E-state index in [0.29, 0.717) is 23.6 Å². The largest absolute Gasteiger partial charge is 0.416 e. The Morgan fingerprint density at radius 3 is 2.73 bits per heavy atom. The van der Waals surface area contributed by atoms with Crippen molar-refractivity contribution in [2.24, 2.45) is 5.16 Å². The summed E-state index contributed by atoms with van der Waals surface area (Å²) in [4.78, 5) is 27.0. The Bertz CT molecular complexity index is 1130. The van der Waals surface area contributed by atoms with Gasteiger partial charge in [0, 0.05) is 31.4 Å².